The van der Waals surface area contributed by atoms with E-state index in [1.54, 1.807) is 13.1 Å². The van der Waals surface area contributed by atoms with Crippen LogP contribution in [0.2, 0.25) is 0 Å². The molecule has 0 aliphatic carbocycles. The van der Waals surface area contributed by atoms with Gasteiger partial charge in [-0.05, 0) is 17.7 Å². The van der Waals surface area contributed by atoms with Gasteiger partial charge in [-0.15, -0.1) is 0 Å². The van der Waals surface area contributed by atoms with Gasteiger partial charge in [0.1, 0.15) is 12.4 Å². The van der Waals surface area contributed by atoms with Crippen molar-refractivity contribution in [1.29, 1.82) is 0 Å². The predicted octanol–water partition coefficient (Wildman–Crippen LogP) is 0.464. The molecule has 1 aromatic carbocycles. The lowest BCUT2D eigenvalue weighted by atomic mass is 10.1. The summed E-state index contributed by atoms with van der Waals surface area (Å²) in [6, 6.07) is 9.07. The largest absolute Gasteiger partial charge is 0.382 e. The molecule has 1 aromatic heterocycles. The van der Waals surface area contributed by atoms with Crippen LogP contribution in [0, 0.1) is 0 Å². The smallest absolute Gasteiger partial charge is 0.247 e. The zero-order valence-corrected chi connectivity index (χ0v) is 11.5. The van der Waals surface area contributed by atoms with E-state index in [9.17, 15) is 9.59 Å². The maximum Gasteiger partial charge on any atom is 0.247 e. The number of nitrogens with zero attached hydrogens (tertiary/aromatic N) is 3. The Morgan fingerprint density at radius 3 is 2.48 bits per heavy atom. The molecule has 2 heterocycles. The summed E-state index contributed by atoms with van der Waals surface area (Å²) in [7, 11) is 1.63. The highest BCUT2D eigenvalue weighted by Crippen LogP contribution is 2.23. The van der Waals surface area contributed by atoms with Gasteiger partial charge in [-0.2, -0.15) is 5.10 Å². The number of amides is 2. The molecule has 1 aliphatic heterocycles. The number of hydrogen-bond donors (Lipinski definition) is 2. The number of H-pyrrole nitrogens is 1. The monoisotopic (exact) mass is 285 g/mol. The second-order valence-corrected chi connectivity index (χ2v) is 4.98. The van der Waals surface area contributed by atoms with Crippen LogP contribution in [0.1, 0.15) is 0 Å². The van der Waals surface area contributed by atoms with E-state index in [0.29, 0.717) is 11.5 Å². The van der Waals surface area contributed by atoms with E-state index >= 15 is 0 Å². The molecule has 3 rings (SSSR count). The maximum atomic E-state index is 12.0. The molecule has 21 heavy (non-hydrogen) atoms. The van der Waals surface area contributed by atoms with Crippen molar-refractivity contribution in [3.8, 4) is 11.3 Å². The lowest BCUT2D eigenvalue weighted by Crippen LogP contribution is -2.52. The Kier molecular flexibility index (Phi) is 3.09. The van der Waals surface area contributed by atoms with E-state index in [2.05, 4.69) is 10.2 Å². The van der Waals surface area contributed by atoms with Crippen LogP contribution in [-0.2, 0) is 9.59 Å². The van der Waals surface area contributed by atoms with Gasteiger partial charge in [0.2, 0.25) is 11.8 Å². The molecule has 0 bridgehead atoms. The van der Waals surface area contributed by atoms with Crippen molar-refractivity contribution >= 4 is 23.3 Å². The number of likely N-dealkylation sites (N-methyl/N-ethyl adjacent to an activating group) is 1. The van der Waals surface area contributed by atoms with Crippen molar-refractivity contribution in [3.05, 3.63) is 30.3 Å². The molecule has 0 spiro atoms. The number of nitrogens with one attached hydrogen (secondary N) is 1. The molecule has 108 valence electrons. The summed E-state index contributed by atoms with van der Waals surface area (Å²) < 4.78 is 0. The first-order valence-corrected chi connectivity index (χ1v) is 6.50. The zero-order valence-electron chi connectivity index (χ0n) is 11.5. The van der Waals surface area contributed by atoms with Gasteiger partial charge in [0.25, 0.3) is 0 Å². The Balaban J connectivity index is 1.84. The predicted molar refractivity (Wildman–Crippen MR) is 78.4 cm³/mol. The maximum absolute atomic E-state index is 12.0. The van der Waals surface area contributed by atoms with Gasteiger partial charge in [0.15, 0.2) is 0 Å². The average Bonchev–Trinajstić information content (AvgIpc) is 2.90. The molecular weight excluding hydrogens is 270 g/mol. The van der Waals surface area contributed by atoms with Gasteiger partial charge in [-0.25, -0.2) is 0 Å². The molecule has 0 unspecified atom stereocenters. The lowest BCUT2D eigenvalue weighted by Gasteiger charge is -2.31. The molecule has 0 radical (unpaired) electrons. The van der Waals surface area contributed by atoms with Gasteiger partial charge in [0.05, 0.1) is 12.2 Å². The average molecular weight is 285 g/mol. The van der Waals surface area contributed by atoms with Crippen LogP contribution in [0.15, 0.2) is 30.3 Å². The van der Waals surface area contributed by atoms with E-state index in [0.717, 1.165) is 11.3 Å². The van der Waals surface area contributed by atoms with Gasteiger partial charge in [-0.3, -0.25) is 14.7 Å². The molecule has 1 aliphatic rings. The number of aromatic amines is 1. The Morgan fingerprint density at radius 2 is 1.86 bits per heavy atom. The van der Waals surface area contributed by atoms with E-state index in [1.165, 1.54) is 9.80 Å². The minimum Gasteiger partial charge on any atom is -0.382 e. The SMILES string of the molecule is CN1CC(=O)N(c2ccc(-c3cc(N)n[nH]3)cc2)CC1=O. The van der Waals surface area contributed by atoms with Crippen LogP contribution in [0.3, 0.4) is 0 Å². The number of aromatic nitrogens is 2. The Hall–Kier alpha value is -2.83. The van der Waals surface area contributed by atoms with Crippen molar-refractivity contribution in [2.45, 2.75) is 0 Å². The van der Waals surface area contributed by atoms with Crippen molar-refractivity contribution < 1.29 is 9.59 Å². The zero-order chi connectivity index (χ0) is 15.0. The highest BCUT2D eigenvalue weighted by atomic mass is 16.2. The molecule has 7 heteroatoms. The first kappa shape index (κ1) is 13.2. The van der Waals surface area contributed by atoms with Crippen LogP contribution in [-0.4, -0.2) is 47.0 Å². The summed E-state index contributed by atoms with van der Waals surface area (Å²) in [5.41, 5.74) is 8.00. The van der Waals surface area contributed by atoms with Crippen LogP contribution >= 0.6 is 0 Å². The molecule has 1 saturated heterocycles. The van der Waals surface area contributed by atoms with Crippen molar-refractivity contribution in [2.24, 2.45) is 0 Å². The van der Waals surface area contributed by atoms with Gasteiger partial charge >= 0.3 is 0 Å². The summed E-state index contributed by atoms with van der Waals surface area (Å²) >= 11 is 0. The molecular formula is C14H15N5O2. The van der Waals surface area contributed by atoms with Crippen molar-refractivity contribution in [3.63, 3.8) is 0 Å². The third-order valence-corrected chi connectivity index (χ3v) is 3.48. The van der Waals surface area contributed by atoms with E-state index < -0.39 is 0 Å². The second kappa shape index (κ2) is 4.93. The van der Waals surface area contributed by atoms with E-state index in [-0.39, 0.29) is 24.9 Å². The molecule has 1 fully saturated rings. The first-order chi connectivity index (χ1) is 10.0. The highest BCUT2D eigenvalue weighted by Gasteiger charge is 2.28. The minimum atomic E-state index is -0.0874. The number of hydrogen-bond acceptors (Lipinski definition) is 4. The van der Waals surface area contributed by atoms with Gasteiger partial charge in [-0.1, -0.05) is 12.1 Å². The Bertz CT molecular complexity index is 692. The second-order valence-electron chi connectivity index (χ2n) is 4.98. The number of piperazine rings is 1. The standard InChI is InChI=1S/C14H15N5O2/c1-18-7-14(21)19(8-13(18)20)10-4-2-9(3-5-10)11-6-12(15)17-16-11/h2-6H,7-8H2,1H3,(H3,15,16,17). The fraction of sp³-hybridized carbons (Fsp3) is 0.214. The fourth-order valence-corrected chi connectivity index (χ4v) is 2.26. The van der Waals surface area contributed by atoms with Crippen LogP contribution in [0.4, 0.5) is 11.5 Å². The Morgan fingerprint density at radius 1 is 1.14 bits per heavy atom. The Labute approximate surface area is 121 Å². The normalized spacial score (nSPS) is 15.7. The third kappa shape index (κ3) is 2.45. The van der Waals surface area contributed by atoms with Gasteiger partial charge < -0.3 is 15.5 Å². The number of benzene rings is 1. The highest BCUT2D eigenvalue weighted by molar-refractivity contribution is 6.04. The quantitative estimate of drug-likeness (QED) is 0.838. The minimum absolute atomic E-state index is 0.0694. The number of rotatable bonds is 2. The molecule has 2 aromatic rings. The first-order valence-electron chi connectivity index (χ1n) is 6.50. The van der Waals surface area contributed by atoms with Gasteiger partial charge in [0, 0.05) is 18.8 Å². The summed E-state index contributed by atoms with van der Waals surface area (Å²) in [5.74, 6) is 0.268. The fourth-order valence-electron chi connectivity index (χ4n) is 2.26. The molecule has 0 atom stereocenters. The lowest BCUT2D eigenvalue weighted by molar-refractivity contribution is -0.136. The number of anilines is 2. The summed E-state index contributed by atoms with van der Waals surface area (Å²) in [6.07, 6.45) is 0. The summed E-state index contributed by atoms with van der Waals surface area (Å²) in [5, 5.41) is 6.70. The molecule has 3 N–H and O–H groups in total. The summed E-state index contributed by atoms with van der Waals surface area (Å²) in [4.78, 5) is 26.7. The third-order valence-electron chi connectivity index (χ3n) is 3.48. The van der Waals surface area contributed by atoms with Crippen LogP contribution in [0.5, 0.6) is 0 Å². The number of carbonyl (C=O) groups is 2. The van der Waals surface area contributed by atoms with Crippen molar-refractivity contribution in [2.75, 3.05) is 30.8 Å². The number of carbonyl (C=O) groups excluding carboxylic acids is 2. The summed E-state index contributed by atoms with van der Waals surface area (Å²) in [6.45, 7) is 0.184. The number of nitrogen functional groups attached to an aromatic ring is 1. The van der Waals surface area contributed by atoms with Crippen LogP contribution in [0.25, 0.3) is 11.3 Å². The molecule has 0 saturated carbocycles. The topological polar surface area (TPSA) is 95.3 Å². The molecule has 2 amide bonds. The van der Waals surface area contributed by atoms with E-state index in [1.807, 2.05) is 24.3 Å². The molecule has 7 nitrogen and oxygen atoms in total. The van der Waals surface area contributed by atoms with E-state index in [4.69, 9.17) is 5.73 Å². The van der Waals surface area contributed by atoms with Crippen LogP contribution < -0.4 is 10.6 Å². The van der Waals surface area contributed by atoms with Crippen molar-refractivity contribution in [1.82, 2.24) is 15.1 Å². The number of nitrogens with two attached hydrogens (primary N) is 1.